The van der Waals surface area contributed by atoms with Crippen LogP contribution in [0.2, 0.25) is 0 Å². The van der Waals surface area contributed by atoms with Crippen molar-refractivity contribution in [2.45, 2.75) is 6.92 Å². The van der Waals surface area contributed by atoms with Crippen molar-refractivity contribution in [1.29, 1.82) is 5.26 Å². The fourth-order valence-electron chi connectivity index (χ4n) is 5.29. The van der Waals surface area contributed by atoms with E-state index in [0.717, 1.165) is 22.9 Å². The second-order valence-electron chi connectivity index (χ2n) is 9.83. The maximum atomic E-state index is 13.5. The molecule has 0 N–H and O–H groups in total. The molecule has 0 atom stereocenters. The molecule has 4 heterocycles. The molecule has 0 spiro atoms. The van der Waals surface area contributed by atoms with Gasteiger partial charge < -0.3 is 28.9 Å². The first-order valence-corrected chi connectivity index (χ1v) is 13.1. The molecular weight excluding hydrogens is 494 g/mol. The number of benzene rings is 1. The van der Waals surface area contributed by atoms with Gasteiger partial charge in [-0.1, -0.05) is 12.1 Å². The Kier molecular flexibility index (Phi) is 7.41. The fourth-order valence-corrected chi connectivity index (χ4v) is 5.29. The van der Waals surface area contributed by atoms with E-state index in [-0.39, 0.29) is 11.8 Å². The normalized spacial score (nSPS) is 15.7. The number of rotatable bonds is 5. The van der Waals surface area contributed by atoms with Crippen molar-refractivity contribution in [3.63, 3.8) is 0 Å². The van der Waals surface area contributed by atoms with Gasteiger partial charge in [0.1, 0.15) is 23.3 Å². The molecule has 2 aliphatic heterocycles. The number of anilines is 2. The number of carbonyl (C=O) groups is 2. The van der Waals surface area contributed by atoms with Crippen LogP contribution in [0.5, 0.6) is 5.75 Å². The highest BCUT2D eigenvalue weighted by Gasteiger charge is 2.30. The van der Waals surface area contributed by atoms with Crippen LogP contribution in [0, 0.1) is 18.3 Å². The minimum Gasteiger partial charge on any atom is -0.497 e. The maximum absolute atomic E-state index is 13.5. The number of piperazine rings is 2. The molecule has 1 aromatic carbocycles. The molecular formula is C29H33N7O3. The molecule has 2 amide bonds. The highest BCUT2D eigenvalue weighted by molar-refractivity contribution is 6.00. The van der Waals surface area contributed by atoms with Crippen molar-refractivity contribution in [3.8, 4) is 11.8 Å². The molecule has 3 aromatic rings. The number of hydrogen-bond donors (Lipinski definition) is 0. The van der Waals surface area contributed by atoms with Crippen LogP contribution >= 0.6 is 0 Å². The minimum absolute atomic E-state index is 0.0655. The van der Waals surface area contributed by atoms with Crippen LogP contribution in [0.3, 0.4) is 0 Å². The van der Waals surface area contributed by atoms with E-state index in [9.17, 15) is 14.9 Å². The van der Waals surface area contributed by atoms with Crippen LogP contribution in [0.25, 0.3) is 0 Å². The van der Waals surface area contributed by atoms with Crippen LogP contribution in [0.4, 0.5) is 11.5 Å². The number of carbonyl (C=O) groups excluding carboxylic acids is 2. The number of para-hydroxylation sites is 1. The van der Waals surface area contributed by atoms with E-state index in [1.54, 1.807) is 19.4 Å². The zero-order valence-corrected chi connectivity index (χ0v) is 22.6. The number of nitrogens with zero attached hydrogens (tertiary/aromatic N) is 7. The smallest absolute Gasteiger partial charge is 0.270 e. The molecule has 2 fully saturated rings. The Morgan fingerprint density at radius 1 is 0.897 bits per heavy atom. The quantitative estimate of drug-likeness (QED) is 0.503. The first-order chi connectivity index (χ1) is 18.9. The molecule has 0 saturated carbocycles. The third kappa shape index (κ3) is 5.12. The second-order valence-corrected chi connectivity index (χ2v) is 9.83. The summed E-state index contributed by atoms with van der Waals surface area (Å²) in [6, 6.07) is 15.3. The lowest BCUT2D eigenvalue weighted by atomic mass is 10.1. The summed E-state index contributed by atoms with van der Waals surface area (Å²) in [4.78, 5) is 39.4. The van der Waals surface area contributed by atoms with Crippen LogP contribution in [-0.2, 0) is 7.05 Å². The Hall–Kier alpha value is -4.52. The van der Waals surface area contributed by atoms with Crippen molar-refractivity contribution < 1.29 is 14.3 Å². The second kappa shape index (κ2) is 11.1. The summed E-state index contributed by atoms with van der Waals surface area (Å²) in [7, 11) is 3.47. The standard InChI is InChI=1S/C29H33N7O3/c1-21-24(28(37)35-14-10-33(11-15-35)25-7-5-4-6-22(25)20-30)19-26(32(21)2)29(38)36-16-12-34(13-17-36)27-18-23(39-3)8-9-31-27/h4-9,18-19H,10-17H2,1-3H3. The van der Waals surface area contributed by atoms with Crippen LogP contribution in [0.1, 0.15) is 32.1 Å². The number of aromatic nitrogens is 2. The van der Waals surface area contributed by atoms with E-state index >= 15 is 0 Å². The van der Waals surface area contributed by atoms with Crippen molar-refractivity contribution in [1.82, 2.24) is 19.4 Å². The topological polar surface area (TPSA) is 97.9 Å². The van der Waals surface area contributed by atoms with Gasteiger partial charge in [-0.15, -0.1) is 0 Å². The first kappa shape index (κ1) is 26.1. The third-order valence-corrected chi connectivity index (χ3v) is 7.76. The number of hydrogen-bond acceptors (Lipinski definition) is 7. The van der Waals surface area contributed by atoms with E-state index in [1.807, 2.05) is 64.7 Å². The summed E-state index contributed by atoms with van der Waals surface area (Å²) >= 11 is 0. The summed E-state index contributed by atoms with van der Waals surface area (Å²) in [6.45, 7) is 6.75. The molecule has 202 valence electrons. The zero-order chi connectivity index (χ0) is 27.5. The van der Waals surface area contributed by atoms with Gasteiger partial charge in [-0.25, -0.2) is 4.98 Å². The summed E-state index contributed by atoms with van der Waals surface area (Å²) in [5.41, 5.74) is 3.40. The Bertz CT molecular complexity index is 1410. The highest BCUT2D eigenvalue weighted by Crippen LogP contribution is 2.24. The first-order valence-electron chi connectivity index (χ1n) is 13.1. The van der Waals surface area contributed by atoms with E-state index in [1.165, 1.54) is 0 Å². The largest absolute Gasteiger partial charge is 0.497 e. The number of methoxy groups -OCH3 is 1. The van der Waals surface area contributed by atoms with Crippen molar-refractivity contribution in [2.24, 2.45) is 7.05 Å². The minimum atomic E-state index is -0.0733. The molecule has 10 heteroatoms. The summed E-state index contributed by atoms with van der Waals surface area (Å²) < 4.78 is 7.13. The van der Waals surface area contributed by atoms with Gasteiger partial charge in [0.15, 0.2) is 0 Å². The number of nitriles is 1. The van der Waals surface area contributed by atoms with Gasteiger partial charge in [-0.05, 0) is 31.2 Å². The van der Waals surface area contributed by atoms with Gasteiger partial charge in [0.2, 0.25) is 0 Å². The Morgan fingerprint density at radius 3 is 2.21 bits per heavy atom. The van der Waals surface area contributed by atoms with Crippen LogP contribution in [0.15, 0.2) is 48.7 Å². The summed E-state index contributed by atoms with van der Waals surface area (Å²) in [6.07, 6.45) is 1.72. The Labute approximate surface area is 228 Å². The molecule has 2 aromatic heterocycles. The number of ether oxygens (including phenoxy) is 1. The third-order valence-electron chi connectivity index (χ3n) is 7.76. The van der Waals surface area contributed by atoms with Gasteiger partial charge >= 0.3 is 0 Å². The van der Waals surface area contributed by atoms with E-state index in [4.69, 9.17) is 4.74 Å². The molecule has 39 heavy (non-hydrogen) atoms. The molecule has 2 saturated heterocycles. The average Bonchev–Trinajstić information content (AvgIpc) is 3.30. The predicted octanol–water partition coefficient (Wildman–Crippen LogP) is 2.53. The van der Waals surface area contributed by atoms with Gasteiger partial charge in [0.25, 0.3) is 11.8 Å². The van der Waals surface area contributed by atoms with Gasteiger partial charge in [-0.3, -0.25) is 9.59 Å². The highest BCUT2D eigenvalue weighted by atomic mass is 16.5. The Balaban J connectivity index is 1.23. The molecule has 5 rings (SSSR count). The molecule has 0 unspecified atom stereocenters. The summed E-state index contributed by atoms with van der Waals surface area (Å²) in [5.74, 6) is 1.45. The molecule has 2 aliphatic rings. The molecule has 0 bridgehead atoms. The van der Waals surface area contributed by atoms with Crippen molar-refractivity contribution >= 4 is 23.3 Å². The monoisotopic (exact) mass is 527 g/mol. The average molecular weight is 528 g/mol. The lowest BCUT2D eigenvalue weighted by Crippen LogP contribution is -2.49. The van der Waals surface area contributed by atoms with E-state index < -0.39 is 0 Å². The predicted molar refractivity (Wildman–Crippen MR) is 148 cm³/mol. The lowest BCUT2D eigenvalue weighted by molar-refractivity contribution is 0.0735. The maximum Gasteiger partial charge on any atom is 0.270 e. The molecule has 10 nitrogen and oxygen atoms in total. The van der Waals surface area contributed by atoms with Gasteiger partial charge in [-0.2, -0.15) is 5.26 Å². The molecule has 0 radical (unpaired) electrons. The molecule has 0 aliphatic carbocycles. The van der Waals surface area contributed by atoms with Gasteiger partial charge in [0.05, 0.1) is 23.9 Å². The van der Waals surface area contributed by atoms with Crippen LogP contribution in [-0.4, -0.2) is 90.6 Å². The number of pyridine rings is 1. The summed E-state index contributed by atoms with van der Waals surface area (Å²) in [5, 5.41) is 9.44. The number of amides is 2. The SMILES string of the molecule is COc1ccnc(N2CCN(C(=O)c3cc(C(=O)N4CCN(c5ccccc5C#N)CC4)c(C)n3C)CC2)c1. The zero-order valence-electron chi connectivity index (χ0n) is 22.6. The van der Waals surface area contributed by atoms with E-state index in [2.05, 4.69) is 20.9 Å². The van der Waals surface area contributed by atoms with Gasteiger partial charge in [0, 0.05) is 77.4 Å². The fraction of sp³-hybridized carbons (Fsp3) is 0.379. The van der Waals surface area contributed by atoms with Crippen molar-refractivity contribution in [2.75, 3.05) is 69.3 Å². The van der Waals surface area contributed by atoms with Crippen molar-refractivity contribution in [3.05, 3.63) is 71.2 Å². The Morgan fingerprint density at radius 2 is 1.54 bits per heavy atom. The van der Waals surface area contributed by atoms with E-state index in [0.29, 0.717) is 69.2 Å². The lowest BCUT2D eigenvalue weighted by Gasteiger charge is -2.36. The van der Waals surface area contributed by atoms with Crippen LogP contribution < -0.4 is 14.5 Å².